The fraction of sp³-hybridized carbons (Fsp3) is 0.167. The van der Waals surface area contributed by atoms with E-state index < -0.39 is 17.0 Å². The predicted octanol–water partition coefficient (Wildman–Crippen LogP) is 2.87. The maximum Gasteiger partial charge on any atom is 0.315 e. The Labute approximate surface area is 147 Å². The first-order valence-electron chi connectivity index (χ1n) is 7.56. The zero-order valence-electron chi connectivity index (χ0n) is 13.0. The third-order valence-corrected chi connectivity index (χ3v) is 4.62. The van der Waals surface area contributed by atoms with Crippen molar-refractivity contribution in [2.24, 2.45) is 0 Å². The number of thioether (sulfide) groups is 1. The maximum absolute atomic E-state index is 13.5. The van der Waals surface area contributed by atoms with Crippen molar-refractivity contribution in [3.63, 3.8) is 0 Å². The van der Waals surface area contributed by atoms with Gasteiger partial charge in [-0.3, -0.25) is 19.7 Å². The van der Waals surface area contributed by atoms with E-state index in [4.69, 9.17) is 4.74 Å². The van der Waals surface area contributed by atoms with Gasteiger partial charge in [-0.05, 0) is 35.7 Å². The average Bonchev–Trinajstić information content (AvgIpc) is 2.89. The van der Waals surface area contributed by atoms with Crippen LogP contribution >= 0.6 is 11.8 Å². The van der Waals surface area contributed by atoms with E-state index in [0.29, 0.717) is 12.2 Å². The van der Waals surface area contributed by atoms with Gasteiger partial charge >= 0.3 is 5.97 Å². The summed E-state index contributed by atoms with van der Waals surface area (Å²) in [5.41, 5.74) is 1.12. The minimum Gasteiger partial charge on any atom is -0.426 e. The van der Waals surface area contributed by atoms with Crippen molar-refractivity contribution in [2.45, 2.75) is 18.1 Å². The summed E-state index contributed by atoms with van der Waals surface area (Å²) in [4.78, 5) is 34.6. The number of amides is 2. The normalized spacial score (nSPS) is 16.6. The Hall–Kier alpha value is -2.67. The molecule has 2 amide bonds. The van der Waals surface area contributed by atoms with Crippen LogP contribution in [-0.4, -0.2) is 22.4 Å². The van der Waals surface area contributed by atoms with Crippen LogP contribution in [0.3, 0.4) is 0 Å². The Morgan fingerprint density at radius 2 is 1.84 bits per heavy atom. The molecule has 1 aliphatic heterocycles. The van der Waals surface area contributed by atoms with Crippen LogP contribution in [-0.2, 0) is 22.4 Å². The van der Waals surface area contributed by atoms with Gasteiger partial charge in [0, 0.05) is 0 Å². The summed E-state index contributed by atoms with van der Waals surface area (Å²) in [5, 5.41) is 1.46. The highest BCUT2D eigenvalue weighted by atomic mass is 32.2. The van der Waals surface area contributed by atoms with Crippen LogP contribution in [0, 0.1) is 5.82 Å². The number of halogens is 1. The molecule has 3 rings (SSSR count). The van der Waals surface area contributed by atoms with E-state index in [0.717, 1.165) is 17.3 Å². The number of benzene rings is 2. The van der Waals surface area contributed by atoms with Crippen molar-refractivity contribution in [1.29, 1.82) is 0 Å². The fourth-order valence-electron chi connectivity index (χ4n) is 2.40. The number of carbonyl (C=O) groups is 3. The predicted molar refractivity (Wildman–Crippen MR) is 90.8 cm³/mol. The van der Waals surface area contributed by atoms with Gasteiger partial charge in [-0.25, -0.2) is 4.39 Å². The lowest BCUT2D eigenvalue weighted by Crippen LogP contribution is -2.25. The van der Waals surface area contributed by atoms with Crippen LogP contribution in [0.5, 0.6) is 5.75 Å². The van der Waals surface area contributed by atoms with E-state index in [1.807, 2.05) is 0 Å². The number of hydrogen-bond acceptors (Lipinski definition) is 5. The van der Waals surface area contributed by atoms with Crippen LogP contribution in [0.2, 0.25) is 0 Å². The number of imide groups is 1. The largest absolute Gasteiger partial charge is 0.426 e. The van der Waals surface area contributed by atoms with E-state index in [1.54, 1.807) is 36.4 Å². The smallest absolute Gasteiger partial charge is 0.315 e. The molecule has 1 atom stereocenters. The monoisotopic (exact) mass is 359 g/mol. The number of rotatable bonds is 5. The molecular weight excluding hydrogens is 345 g/mol. The van der Waals surface area contributed by atoms with Gasteiger partial charge in [0.05, 0.1) is 11.7 Å². The van der Waals surface area contributed by atoms with E-state index in [2.05, 4.69) is 5.32 Å². The van der Waals surface area contributed by atoms with Crippen molar-refractivity contribution in [3.05, 3.63) is 65.5 Å². The first-order valence-corrected chi connectivity index (χ1v) is 8.44. The van der Waals surface area contributed by atoms with Gasteiger partial charge in [0.2, 0.25) is 5.91 Å². The summed E-state index contributed by atoms with van der Waals surface area (Å²) in [7, 11) is 0. The van der Waals surface area contributed by atoms with Crippen molar-refractivity contribution < 1.29 is 23.5 Å². The molecule has 0 spiro atoms. The highest BCUT2D eigenvalue weighted by molar-refractivity contribution is 8.15. The highest BCUT2D eigenvalue weighted by Gasteiger charge is 2.31. The van der Waals surface area contributed by atoms with Gasteiger partial charge in [0.25, 0.3) is 5.24 Å². The lowest BCUT2D eigenvalue weighted by atomic mass is 10.1. The summed E-state index contributed by atoms with van der Waals surface area (Å²) in [6, 6.07) is 12.7. The Morgan fingerprint density at radius 3 is 2.48 bits per heavy atom. The molecule has 128 valence electrons. The van der Waals surface area contributed by atoms with Gasteiger partial charge in [-0.2, -0.15) is 0 Å². The number of esters is 1. The molecule has 1 N–H and O–H groups in total. The maximum atomic E-state index is 13.5. The standard InChI is InChI=1S/C18H14FNO4S/c19-14-4-2-1-3-12(14)10-16(21)24-13-7-5-11(6-8-13)9-15-17(22)20-18(23)25-15/h1-8,15H,9-10H2,(H,20,22,23). The highest BCUT2D eigenvalue weighted by Crippen LogP contribution is 2.24. The van der Waals surface area contributed by atoms with E-state index in [9.17, 15) is 18.8 Å². The second kappa shape index (κ2) is 7.48. The zero-order valence-corrected chi connectivity index (χ0v) is 13.8. The Kier molecular flexibility index (Phi) is 5.14. The minimum absolute atomic E-state index is 0.157. The molecule has 7 heteroatoms. The van der Waals surface area contributed by atoms with Crippen molar-refractivity contribution in [1.82, 2.24) is 5.32 Å². The topological polar surface area (TPSA) is 72.5 Å². The van der Waals surface area contributed by atoms with E-state index in [1.165, 1.54) is 12.1 Å². The number of carbonyl (C=O) groups excluding carboxylic acids is 3. The lowest BCUT2D eigenvalue weighted by molar-refractivity contribution is -0.133. The van der Waals surface area contributed by atoms with Gasteiger partial charge in [0.15, 0.2) is 0 Å². The third-order valence-electron chi connectivity index (χ3n) is 3.64. The zero-order chi connectivity index (χ0) is 17.8. The molecule has 0 bridgehead atoms. The quantitative estimate of drug-likeness (QED) is 0.656. The number of ether oxygens (including phenoxy) is 1. The first-order chi connectivity index (χ1) is 12.0. The molecule has 0 aromatic heterocycles. The molecule has 25 heavy (non-hydrogen) atoms. The summed E-state index contributed by atoms with van der Waals surface area (Å²) >= 11 is 0.965. The molecule has 5 nitrogen and oxygen atoms in total. The van der Waals surface area contributed by atoms with Crippen LogP contribution < -0.4 is 10.1 Å². The van der Waals surface area contributed by atoms with Gasteiger partial charge in [0.1, 0.15) is 11.6 Å². The fourth-order valence-corrected chi connectivity index (χ4v) is 3.26. The molecule has 1 aliphatic rings. The lowest BCUT2D eigenvalue weighted by Gasteiger charge is -2.08. The van der Waals surface area contributed by atoms with Crippen LogP contribution in [0.15, 0.2) is 48.5 Å². The molecule has 1 unspecified atom stereocenters. The molecule has 1 fully saturated rings. The second-order valence-corrected chi connectivity index (χ2v) is 6.65. The Morgan fingerprint density at radius 1 is 1.12 bits per heavy atom. The van der Waals surface area contributed by atoms with Crippen LogP contribution in [0.1, 0.15) is 11.1 Å². The molecule has 0 aliphatic carbocycles. The Balaban J connectivity index is 1.57. The van der Waals surface area contributed by atoms with Crippen LogP contribution in [0.4, 0.5) is 9.18 Å². The Bertz CT molecular complexity index is 822. The number of nitrogens with one attached hydrogen (secondary N) is 1. The third kappa shape index (κ3) is 4.45. The summed E-state index contributed by atoms with van der Waals surface area (Å²) in [6.07, 6.45) is 0.251. The van der Waals surface area contributed by atoms with Gasteiger partial charge < -0.3 is 4.74 Å². The molecule has 1 saturated heterocycles. The summed E-state index contributed by atoms with van der Waals surface area (Å²) in [5.74, 6) is -0.967. The summed E-state index contributed by atoms with van der Waals surface area (Å²) < 4.78 is 18.7. The van der Waals surface area contributed by atoms with E-state index >= 15 is 0 Å². The first kappa shape index (κ1) is 17.2. The number of hydrogen-bond donors (Lipinski definition) is 1. The van der Waals surface area contributed by atoms with Gasteiger partial charge in [-0.1, -0.05) is 42.1 Å². The van der Waals surface area contributed by atoms with Crippen molar-refractivity contribution in [2.75, 3.05) is 0 Å². The van der Waals surface area contributed by atoms with Gasteiger partial charge in [-0.15, -0.1) is 0 Å². The minimum atomic E-state index is -0.561. The molecule has 0 saturated carbocycles. The second-order valence-electron chi connectivity index (χ2n) is 5.47. The molecule has 1 heterocycles. The van der Waals surface area contributed by atoms with E-state index in [-0.39, 0.29) is 23.1 Å². The molecule has 2 aromatic rings. The van der Waals surface area contributed by atoms with Crippen molar-refractivity contribution in [3.8, 4) is 5.75 Å². The van der Waals surface area contributed by atoms with Crippen LogP contribution in [0.25, 0.3) is 0 Å². The average molecular weight is 359 g/mol. The van der Waals surface area contributed by atoms with Crippen molar-refractivity contribution >= 4 is 28.9 Å². The summed E-state index contributed by atoms with van der Waals surface area (Å²) in [6.45, 7) is 0. The molecule has 0 radical (unpaired) electrons. The SMILES string of the molecule is O=C(Cc1ccccc1F)Oc1ccc(CC2SC(=O)NC2=O)cc1. The molecule has 2 aromatic carbocycles. The molecular formula is C18H14FNO4S.